The Bertz CT molecular complexity index is 729. The number of fused-ring (bicyclic) bond motifs is 1. The fraction of sp³-hybridized carbons (Fsp3) is 0.0833. The average Bonchev–Trinajstić information content (AvgIpc) is 2.91. The first-order chi connectivity index (χ1) is 8.68. The Hall–Kier alpha value is -1.95. The summed E-state index contributed by atoms with van der Waals surface area (Å²) in [7, 11) is 0. The quantitative estimate of drug-likeness (QED) is 0.740. The molecule has 3 aromatic rings. The number of aromatic nitrogens is 4. The molecule has 1 N–H and O–H groups in total. The van der Waals surface area contributed by atoms with Crippen LogP contribution in [0.15, 0.2) is 34.8 Å². The highest BCUT2D eigenvalue weighted by Crippen LogP contribution is 2.30. The van der Waals surface area contributed by atoms with E-state index in [0.29, 0.717) is 11.5 Å². The van der Waals surface area contributed by atoms with Crippen LogP contribution >= 0.6 is 15.9 Å². The van der Waals surface area contributed by atoms with Crippen LogP contribution in [0.4, 0.5) is 0 Å². The molecule has 1 aromatic carbocycles. The van der Waals surface area contributed by atoms with Crippen LogP contribution in [0.3, 0.4) is 0 Å². The molecular formula is C12H9BrN4O. The normalized spacial score (nSPS) is 11.0. The van der Waals surface area contributed by atoms with Gasteiger partial charge < -0.3 is 0 Å². The van der Waals surface area contributed by atoms with E-state index in [-0.39, 0.29) is 5.78 Å². The van der Waals surface area contributed by atoms with Crippen molar-refractivity contribution in [3.63, 3.8) is 0 Å². The topological polar surface area (TPSA) is 63.0 Å². The van der Waals surface area contributed by atoms with Gasteiger partial charge in [0.25, 0.3) is 0 Å². The van der Waals surface area contributed by atoms with Crippen molar-refractivity contribution in [2.75, 3.05) is 0 Å². The number of carbonyl (C=O) groups is 1. The molecule has 18 heavy (non-hydrogen) atoms. The SMILES string of the molecule is CC(=O)c1nnc2c(Br)c(-c3ccccc3)[nH]n12. The maximum Gasteiger partial charge on any atom is 0.219 e. The summed E-state index contributed by atoms with van der Waals surface area (Å²) in [5, 5.41) is 11.0. The molecule has 2 heterocycles. The van der Waals surface area contributed by atoms with Gasteiger partial charge in [0, 0.05) is 12.5 Å². The van der Waals surface area contributed by atoms with Gasteiger partial charge in [0.15, 0.2) is 11.4 Å². The summed E-state index contributed by atoms with van der Waals surface area (Å²) in [5.41, 5.74) is 2.51. The molecule has 0 radical (unpaired) electrons. The van der Waals surface area contributed by atoms with Crippen molar-refractivity contribution < 1.29 is 4.79 Å². The Labute approximate surface area is 111 Å². The lowest BCUT2D eigenvalue weighted by molar-refractivity contribution is 0.100. The second-order valence-electron chi connectivity index (χ2n) is 3.91. The van der Waals surface area contributed by atoms with Gasteiger partial charge in [-0.3, -0.25) is 9.89 Å². The number of Topliss-reactive ketones (excluding diaryl/α,β-unsaturated/α-hetero) is 1. The molecule has 0 spiro atoms. The van der Waals surface area contributed by atoms with E-state index in [9.17, 15) is 4.79 Å². The molecule has 0 atom stereocenters. The largest absolute Gasteiger partial charge is 0.291 e. The van der Waals surface area contributed by atoms with Crippen LogP contribution in [0, 0.1) is 0 Å². The standard InChI is InChI=1S/C12H9BrN4O/c1-7(18)11-14-15-12-9(13)10(16-17(11)12)8-5-3-2-4-6-8/h2-6,16H,1H3. The predicted octanol–water partition coefficient (Wildman–Crippen LogP) is 2.69. The molecule has 90 valence electrons. The van der Waals surface area contributed by atoms with Crippen LogP contribution in [-0.2, 0) is 0 Å². The zero-order valence-corrected chi connectivity index (χ0v) is 11.1. The van der Waals surface area contributed by atoms with Crippen molar-refractivity contribution in [3.8, 4) is 11.3 Å². The average molecular weight is 305 g/mol. The van der Waals surface area contributed by atoms with Crippen molar-refractivity contribution in [1.82, 2.24) is 19.8 Å². The summed E-state index contributed by atoms with van der Waals surface area (Å²) in [6.45, 7) is 1.47. The number of halogens is 1. The van der Waals surface area contributed by atoms with Gasteiger partial charge in [0.2, 0.25) is 5.82 Å². The van der Waals surface area contributed by atoms with Gasteiger partial charge in [-0.1, -0.05) is 30.3 Å². The van der Waals surface area contributed by atoms with E-state index >= 15 is 0 Å². The molecule has 0 bridgehead atoms. The van der Waals surface area contributed by atoms with Gasteiger partial charge in [-0.2, -0.15) is 0 Å². The van der Waals surface area contributed by atoms with Crippen molar-refractivity contribution >= 4 is 27.4 Å². The van der Waals surface area contributed by atoms with Crippen LogP contribution in [0.25, 0.3) is 16.9 Å². The van der Waals surface area contributed by atoms with Crippen molar-refractivity contribution in [3.05, 3.63) is 40.6 Å². The fourth-order valence-electron chi connectivity index (χ4n) is 1.83. The summed E-state index contributed by atoms with van der Waals surface area (Å²) in [6.07, 6.45) is 0. The molecule has 0 saturated carbocycles. The van der Waals surface area contributed by atoms with Crippen LogP contribution in [-0.4, -0.2) is 25.6 Å². The Morgan fingerprint density at radius 2 is 2.00 bits per heavy atom. The second-order valence-corrected chi connectivity index (χ2v) is 4.70. The molecule has 0 aliphatic rings. The van der Waals surface area contributed by atoms with Gasteiger partial charge in [-0.15, -0.1) is 10.2 Å². The number of aromatic amines is 1. The third kappa shape index (κ3) is 1.57. The summed E-state index contributed by atoms with van der Waals surface area (Å²) in [4.78, 5) is 11.4. The lowest BCUT2D eigenvalue weighted by atomic mass is 10.2. The number of rotatable bonds is 2. The van der Waals surface area contributed by atoms with Gasteiger partial charge in [0.05, 0.1) is 10.2 Å². The number of H-pyrrole nitrogens is 1. The summed E-state index contributed by atoms with van der Waals surface area (Å²) in [5.74, 6) is 0.170. The zero-order valence-electron chi connectivity index (χ0n) is 9.51. The molecule has 0 saturated heterocycles. The number of hydrogen-bond donors (Lipinski definition) is 1. The molecular weight excluding hydrogens is 296 g/mol. The molecule has 6 heteroatoms. The highest BCUT2D eigenvalue weighted by atomic mass is 79.9. The van der Waals surface area contributed by atoms with E-state index < -0.39 is 0 Å². The van der Waals surface area contributed by atoms with Gasteiger partial charge >= 0.3 is 0 Å². The first-order valence-corrected chi connectivity index (χ1v) is 6.16. The van der Waals surface area contributed by atoms with Crippen molar-refractivity contribution in [2.45, 2.75) is 6.92 Å². The highest BCUT2D eigenvalue weighted by Gasteiger charge is 2.18. The summed E-state index contributed by atoms with van der Waals surface area (Å²) in [6, 6.07) is 9.83. The minimum absolute atomic E-state index is 0.129. The number of hydrogen-bond acceptors (Lipinski definition) is 3. The Balaban J connectivity index is 2.27. The Morgan fingerprint density at radius 3 is 2.67 bits per heavy atom. The molecule has 2 aromatic heterocycles. The number of carbonyl (C=O) groups excluding carboxylic acids is 1. The molecule has 0 aliphatic carbocycles. The maximum atomic E-state index is 11.4. The molecule has 3 rings (SSSR count). The molecule has 0 aliphatic heterocycles. The lowest BCUT2D eigenvalue weighted by Gasteiger charge is -1.97. The predicted molar refractivity (Wildman–Crippen MR) is 70.5 cm³/mol. The molecule has 0 amide bonds. The number of nitrogens with zero attached hydrogens (tertiary/aromatic N) is 3. The molecule has 5 nitrogen and oxygen atoms in total. The fourth-order valence-corrected chi connectivity index (χ4v) is 2.40. The minimum atomic E-state index is -0.129. The van der Waals surface area contributed by atoms with Gasteiger partial charge in [0.1, 0.15) is 0 Å². The zero-order chi connectivity index (χ0) is 12.7. The van der Waals surface area contributed by atoms with Crippen molar-refractivity contribution in [2.24, 2.45) is 0 Å². The van der Waals surface area contributed by atoms with E-state index in [0.717, 1.165) is 15.7 Å². The number of ketones is 1. The Kier molecular flexibility index (Phi) is 2.52. The number of nitrogens with one attached hydrogen (secondary N) is 1. The monoisotopic (exact) mass is 304 g/mol. The maximum absolute atomic E-state index is 11.4. The summed E-state index contributed by atoms with van der Waals surface area (Å²) >= 11 is 3.49. The van der Waals surface area contributed by atoms with E-state index in [1.165, 1.54) is 6.92 Å². The van der Waals surface area contributed by atoms with Crippen molar-refractivity contribution in [1.29, 1.82) is 0 Å². The third-order valence-electron chi connectivity index (χ3n) is 2.68. The van der Waals surface area contributed by atoms with Crippen LogP contribution in [0.5, 0.6) is 0 Å². The first-order valence-electron chi connectivity index (χ1n) is 5.37. The third-order valence-corrected chi connectivity index (χ3v) is 3.43. The molecule has 0 fully saturated rings. The van der Waals surface area contributed by atoms with Crippen LogP contribution in [0.2, 0.25) is 0 Å². The second kappa shape index (κ2) is 4.06. The lowest BCUT2D eigenvalue weighted by Crippen LogP contribution is -2.01. The highest BCUT2D eigenvalue weighted by molar-refractivity contribution is 9.10. The minimum Gasteiger partial charge on any atom is -0.291 e. The van der Waals surface area contributed by atoms with E-state index in [1.54, 1.807) is 4.52 Å². The van der Waals surface area contributed by atoms with Crippen LogP contribution < -0.4 is 0 Å². The number of benzene rings is 1. The molecule has 0 unspecified atom stereocenters. The van der Waals surface area contributed by atoms with E-state index in [2.05, 4.69) is 31.2 Å². The van der Waals surface area contributed by atoms with Gasteiger partial charge in [-0.05, 0) is 15.9 Å². The Morgan fingerprint density at radius 1 is 1.28 bits per heavy atom. The smallest absolute Gasteiger partial charge is 0.219 e. The first kappa shape index (κ1) is 11.2. The van der Waals surface area contributed by atoms with E-state index in [4.69, 9.17) is 0 Å². The van der Waals surface area contributed by atoms with E-state index in [1.807, 2.05) is 30.3 Å². The summed E-state index contributed by atoms with van der Waals surface area (Å²) < 4.78 is 2.39. The van der Waals surface area contributed by atoms with Crippen LogP contribution in [0.1, 0.15) is 17.5 Å². The van der Waals surface area contributed by atoms with Gasteiger partial charge in [-0.25, -0.2) is 4.52 Å².